The monoisotopic (exact) mass is 460 g/mol. The Labute approximate surface area is 187 Å². The lowest BCUT2D eigenvalue weighted by Gasteiger charge is -2.30. The van der Waals surface area contributed by atoms with Crippen LogP contribution in [0.5, 0.6) is 0 Å². The van der Waals surface area contributed by atoms with Gasteiger partial charge in [0.05, 0.1) is 39.2 Å². The molecule has 3 aromatic rings. The molecule has 31 heavy (non-hydrogen) atoms. The van der Waals surface area contributed by atoms with Gasteiger partial charge in [0.1, 0.15) is 0 Å². The van der Waals surface area contributed by atoms with Crippen molar-refractivity contribution in [3.8, 4) is 10.6 Å². The van der Waals surface area contributed by atoms with Gasteiger partial charge < -0.3 is 4.90 Å². The van der Waals surface area contributed by atoms with Crippen LogP contribution in [0.1, 0.15) is 50.5 Å². The number of thiophene rings is 1. The standard InChI is InChI=1S/C22H28N4O3S2/c1-14(2)12-25(16-7-9-31(28,29)13-16)22(27)17-10-19(20-6-5-8-30-20)24-21-18(17)11-23-26(21)15(3)4/h5-6,8,10-11,14-16H,7,9,12-13H2,1-4H3/t16-/m0/s1. The first-order valence-corrected chi connectivity index (χ1v) is 13.3. The van der Waals surface area contributed by atoms with Gasteiger partial charge in [-0.15, -0.1) is 11.3 Å². The van der Waals surface area contributed by atoms with Gasteiger partial charge in [-0.2, -0.15) is 5.10 Å². The van der Waals surface area contributed by atoms with E-state index in [2.05, 4.69) is 5.10 Å². The van der Waals surface area contributed by atoms with Gasteiger partial charge in [0, 0.05) is 18.6 Å². The molecule has 1 aliphatic rings. The van der Waals surface area contributed by atoms with Crippen LogP contribution in [0.4, 0.5) is 0 Å². The van der Waals surface area contributed by atoms with Crippen molar-refractivity contribution in [2.75, 3.05) is 18.1 Å². The van der Waals surface area contributed by atoms with Gasteiger partial charge in [0.2, 0.25) is 0 Å². The minimum Gasteiger partial charge on any atom is -0.334 e. The highest BCUT2D eigenvalue weighted by molar-refractivity contribution is 7.91. The quantitative estimate of drug-likeness (QED) is 0.554. The minimum absolute atomic E-state index is 0.0305. The second kappa shape index (κ2) is 8.35. The molecule has 0 saturated carbocycles. The van der Waals surface area contributed by atoms with Crippen LogP contribution in [0.3, 0.4) is 0 Å². The van der Waals surface area contributed by atoms with Crippen LogP contribution in [0.25, 0.3) is 21.6 Å². The first-order chi connectivity index (χ1) is 14.7. The number of carbonyl (C=O) groups excluding carboxylic acids is 1. The summed E-state index contributed by atoms with van der Waals surface area (Å²) in [5, 5.41) is 7.18. The van der Waals surface area contributed by atoms with Crippen molar-refractivity contribution in [2.24, 2.45) is 5.92 Å². The van der Waals surface area contributed by atoms with Crippen molar-refractivity contribution in [1.82, 2.24) is 19.7 Å². The lowest BCUT2D eigenvalue weighted by Crippen LogP contribution is -2.43. The van der Waals surface area contributed by atoms with Gasteiger partial charge in [-0.05, 0) is 43.7 Å². The Bertz CT molecular complexity index is 1200. The molecule has 3 aromatic heterocycles. The number of rotatable bonds is 6. The molecule has 0 aliphatic carbocycles. The first-order valence-electron chi connectivity index (χ1n) is 10.6. The Kier molecular flexibility index (Phi) is 5.91. The maximum absolute atomic E-state index is 13.9. The Balaban J connectivity index is 1.85. The fourth-order valence-corrected chi connectivity index (χ4v) is 6.51. The van der Waals surface area contributed by atoms with Crippen molar-refractivity contribution in [3.05, 3.63) is 35.3 Å². The third kappa shape index (κ3) is 4.39. The van der Waals surface area contributed by atoms with E-state index in [0.717, 1.165) is 10.6 Å². The van der Waals surface area contributed by atoms with Crippen LogP contribution in [-0.2, 0) is 9.84 Å². The largest absolute Gasteiger partial charge is 0.334 e. The van der Waals surface area contributed by atoms with Crippen LogP contribution in [0, 0.1) is 5.92 Å². The number of amides is 1. The molecular weight excluding hydrogens is 432 g/mol. The normalized spacial score (nSPS) is 18.3. The maximum Gasteiger partial charge on any atom is 0.255 e. The SMILES string of the molecule is CC(C)CN(C(=O)c1cc(-c2cccs2)nc2c1cnn2C(C)C)[C@H]1CCS(=O)(=O)C1. The van der Waals surface area contributed by atoms with Gasteiger partial charge in [-0.3, -0.25) is 4.79 Å². The molecule has 1 amide bonds. The minimum atomic E-state index is -3.11. The molecule has 1 aliphatic heterocycles. The summed E-state index contributed by atoms with van der Waals surface area (Å²) < 4.78 is 26.1. The van der Waals surface area contributed by atoms with E-state index in [4.69, 9.17) is 4.98 Å². The number of hydrogen-bond donors (Lipinski definition) is 0. The summed E-state index contributed by atoms with van der Waals surface area (Å²) in [5.41, 5.74) is 1.94. The van der Waals surface area contributed by atoms with E-state index in [0.29, 0.717) is 29.6 Å². The van der Waals surface area contributed by atoms with E-state index in [9.17, 15) is 13.2 Å². The zero-order chi connectivity index (χ0) is 22.3. The molecule has 0 unspecified atom stereocenters. The second-order valence-corrected chi connectivity index (χ2v) is 12.0. The third-order valence-corrected chi connectivity index (χ3v) is 8.17. The predicted octanol–water partition coefficient (Wildman–Crippen LogP) is 4.03. The Morgan fingerprint density at radius 2 is 2.10 bits per heavy atom. The molecule has 9 heteroatoms. The summed E-state index contributed by atoms with van der Waals surface area (Å²) in [6.07, 6.45) is 2.19. The van der Waals surface area contributed by atoms with Crippen molar-refractivity contribution in [2.45, 2.75) is 46.2 Å². The summed E-state index contributed by atoms with van der Waals surface area (Å²) in [6, 6.07) is 5.58. The Morgan fingerprint density at radius 3 is 2.68 bits per heavy atom. The molecule has 0 bridgehead atoms. The van der Waals surface area contributed by atoms with E-state index in [1.165, 1.54) is 0 Å². The fraction of sp³-hybridized carbons (Fsp3) is 0.500. The average Bonchev–Trinajstić information content (AvgIpc) is 3.43. The van der Waals surface area contributed by atoms with Gasteiger partial charge in [-0.25, -0.2) is 18.1 Å². The highest BCUT2D eigenvalue weighted by atomic mass is 32.2. The molecule has 166 valence electrons. The summed E-state index contributed by atoms with van der Waals surface area (Å²) >= 11 is 1.57. The predicted molar refractivity (Wildman–Crippen MR) is 124 cm³/mol. The maximum atomic E-state index is 13.9. The van der Waals surface area contributed by atoms with Crippen LogP contribution in [-0.4, -0.2) is 58.1 Å². The summed E-state index contributed by atoms with van der Waals surface area (Å²) in [7, 11) is -3.11. The van der Waals surface area contributed by atoms with Crippen LogP contribution in [0.15, 0.2) is 29.8 Å². The molecule has 0 spiro atoms. The van der Waals surface area contributed by atoms with E-state index in [-0.39, 0.29) is 35.4 Å². The number of sulfone groups is 1. The van der Waals surface area contributed by atoms with Crippen molar-refractivity contribution in [3.63, 3.8) is 0 Å². The number of aromatic nitrogens is 3. The first kappa shape index (κ1) is 22.0. The fourth-order valence-electron chi connectivity index (χ4n) is 4.09. The highest BCUT2D eigenvalue weighted by Crippen LogP contribution is 2.31. The molecule has 1 saturated heterocycles. The van der Waals surface area contributed by atoms with Crippen molar-refractivity contribution < 1.29 is 13.2 Å². The summed E-state index contributed by atoms with van der Waals surface area (Å²) in [5.74, 6) is 0.240. The lowest BCUT2D eigenvalue weighted by atomic mass is 10.1. The molecule has 0 radical (unpaired) electrons. The van der Waals surface area contributed by atoms with E-state index < -0.39 is 9.84 Å². The summed E-state index contributed by atoms with van der Waals surface area (Å²) in [6.45, 7) is 8.65. The Morgan fingerprint density at radius 1 is 1.32 bits per heavy atom. The Hall–Kier alpha value is -2.26. The van der Waals surface area contributed by atoms with Crippen LogP contribution < -0.4 is 0 Å². The highest BCUT2D eigenvalue weighted by Gasteiger charge is 2.36. The van der Waals surface area contributed by atoms with Gasteiger partial charge in [-0.1, -0.05) is 19.9 Å². The van der Waals surface area contributed by atoms with E-state index in [1.807, 2.05) is 56.0 Å². The van der Waals surface area contributed by atoms with Gasteiger partial charge in [0.25, 0.3) is 5.91 Å². The molecule has 0 N–H and O–H groups in total. The average molecular weight is 461 g/mol. The van der Waals surface area contributed by atoms with E-state index >= 15 is 0 Å². The number of pyridine rings is 1. The molecule has 4 heterocycles. The number of carbonyl (C=O) groups is 1. The molecule has 1 atom stereocenters. The molecule has 1 fully saturated rings. The zero-order valence-electron chi connectivity index (χ0n) is 18.3. The topological polar surface area (TPSA) is 85.2 Å². The smallest absolute Gasteiger partial charge is 0.255 e. The number of fused-ring (bicyclic) bond motifs is 1. The third-order valence-electron chi connectivity index (χ3n) is 5.53. The lowest BCUT2D eigenvalue weighted by molar-refractivity contribution is 0.0674. The van der Waals surface area contributed by atoms with Gasteiger partial charge >= 0.3 is 0 Å². The van der Waals surface area contributed by atoms with Crippen LogP contribution >= 0.6 is 11.3 Å². The second-order valence-electron chi connectivity index (χ2n) is 8.86. The molecule has 7 nitrogen and oxygen atoms in total. The van der Waals surface area contributed by atoms with Crippen LogP contribution in [0.2, 0.25) is 0 Å². The van der Waals surface area contributed by atoms with Crippen molar-refractivity contribution >= 4 is 38.1 Å². The van der Waals surface area contributed by atoms with E-state index in [1.54, 1.807) is 22.4 Å². The number of hydrogen-bond acceptors (Lipinski definition) is 6. The summed E-state index contributed by atoms with van der Waals surface area (Å²) in [4.78, 5) is 21.4. The number of nitrogens with zero attached hydrogens (tertiary/aromatic N) is 4. The molecular formula is C22H28N4O3S2. The van der Waals surface area contributed by atoms with Crippen molar-refractivity contribution in [1.29, 1.82) is 0 Å². The zero-order valence-corrected chi connectivity index (χ0v) is 19.9. The molecule has 0 aromatic carbocycles. The van der Waals surface area contributed by atoms with Gasteiger partial charge in [0.15, 0.2) is 15.5 Å². The molecule has 4 rings (SSSR count).